The molecule has 0 saturated heterocycles. The number of carboxylic acids is 1. The zero-order valence-electron chi connectivity index (χ0n) is 11.4. The molecule has 0 unspecified atom stereocenters. The van der Waals surface area contributed by atoms with Crippen LogP contribution < -0.4 is 5.32 Å². The summed E-state index contributed by atoms with van der Waals surface area (Å²) >= 11 is 0. The van der Waals surface area contributed by atoms with E-state index >= 15 is 0 Å². The topological polar surface area (TPSA) is 97.1 Å². The Morgan fingerprint density at radius 1 is 1.29 bits per heavy atom. The Hall–Kier alpha value is -2.96. The molecule has 0 spiro atoms. The minimum atomic E-state index is -1.19. The smallest absolute Gasteiger partial charge is 0.358 e. The minimum Gasteiger partial charge on any atom is -0.476 e. The molecule has 0 aliphatic heterocycles. The number of rotatable bonds is 5. The number of likely N-dealkylation sites (N-methyl/N-ethyl adjacent to an activating group) is 1. The van der Waals surface area contributed by atoms with Gasteiger partial charge in [-0.25, -0.2) is 9.48 Å². The molecular weight excluding hydrogens is 272 g/mol. The number of aromatic carboxylic acids is 1. The number of nitrogens with zero attached hydrogens (tertiary/aromatic N) is 3. The highest BCUT2D eigenvalue weighted by Gasteiger charge is 2.18. The minimum absolute atomic E-state index is 0.0920. The Morgan fingerprint density at radius 3 is 2.62 bits per heavy atom. The van der Waals surface area contributed by atoms with Gasteiger partial charge in [-0.3, -0.25) is 4.79 Å². The number of hydrogen-bond donors (Lipinski definition) is 2. The van der Waals surface area contributed by atoms with Crippen molar-refractivity contribution in [3.05, 3.63) is 47.3 Å². The summed E-state index contributed by atoms with van der Waals surface area (Å²) in [5.41, 5.74) is 0.988. The molecule has 108 valence electrons. The molecule has 7 nitrogen and oxygen atoms in total. The highest BCUT2D eigenvalue weighted by atomic mass is 16.4. The molecule has 0 bridgehead atoms. The van der Waals surface area contributed by atoms with E-state index in [9.17, 15) is 9.59 Å². The first kappa shape index (κ1) is 14.4. The van der Waals surface area contributed by atoms with Crippen molar-refractivity contribution in [2.45, 2.75) is 6.54 Å². The Morgan fingerprint density at radius 2 is 2.00 bits per heavy atom. The molecule has 1 amide bonds. The van der Waals surface area contributed by atoms with Crippen molar-refractivity contribution >= 4 is 24.0 Å². The largest absolute Gasteiger partial charge is 0.476 e. The molecule has 0 fully saturated rings. The first-order valence-corrected chi connectivity index (χ1v) is 6.22. The SMILES string of the molecule is CNC(=O)Cn1nnc(C(=O)O)c1/C=C/c1ccccc1. The van der Waals surface area contributed by atoms with Crippen molar-refractivity contribution in [1.29, 1.82) is 0 Å². The Kier molecular flexibility index (Phi) is 4.45. The molecule has 2 N–H and O–H groups in total. The molecular formula is C14H14N4O3. The lowest BCUT2D eigenvalue weighted by Gasteiger charge is -2.02. The number of amides is 1. The number of benzene rings is 1. The van der Waals surface area contributed by atoms with E-state index in [0.717, 1.165) is 5.56 Å². The number of aromatic nitrogens is 3. The van der Waals surface area contributed by atoms with Crippen LogP contribution in [0.15, 0.2) is 30.3 Å². The molecule has 1 aromatic heterocycles. The number of carbonyl (C=O) groups is 2. The van der Waals surface area contributed by atoms with E-state index in [-0.39, 0.29) is 23.8 Å². The van der Waals surface area contributed by atoms with E-state index < -0.39 is 5.97 Å². The molecule has 2 rings (SSSR count). The van der Waals surface area contributed by atoms with E-state index in [4.69, 9.17) is 5.11 Å². The zero-order chi connectivity index (χ0) is 15.2. The van der Waals surface area contributed by atoms with Crippen LogP contribution in [0.25, 0.3) is 12.2 Å². The summed E-state index contributed by atoms with van der Waals surface area (Å²) in [4.78, 5) is 22.6. The highest BCUT2D eigenvalue weighted by Crippen LogP contribution is 2.11. The van der Waals surface area contributed by atoms with Crippen LogP contribution >= 0.6 is 0 Å². The van der Waals surface area contributed by atoms with Gasteiger partial charge in [-0.1, -0.05) is 41.6 Å². The Balaban J connectivity index is 2.35. The van der Waals surface area contributed by atoms with Crippen molar-refractivity contribution in [1.82, 2.24) is 20.3 Å². The maximum Gasteiger partial charge on any atom is 0.358 e. The average Bonchev–Trinajstić information content (AvgIpc) is 2.89. The lowest BCUT2D eigenvalue weighted by atomic mass is 10.2. The molecule has 0 aliphatic carbocycles. The quantitative estimate of drug-likeness (QED) is 0.851. The lowest BCUT2D eigenvalue weighted by Crippen LogP contribution is -2.24. The molecule has 21 heavy (non-hydrogen) atoms. The lowest BCUT2D eigenvalue weighted by molar-refractivity contribution is -0.121. The van der Waals surface area contributed by atoms with Gasteiger partial charge < -0.3 is 10.4 Å². The maximum atomic E-state index is 11.4. The van der Waals surface area contributed by atoms with Gasteiger partial charge in [-0.05, 0) is 11.6 Å². The first-order valence-electron chi connectivity index (χ1n) is 6.22. The van der Waals surface area contributed by atoms with Crippen molar-refractivity contribution < 1.29 is 14.7 Å². The molecule has 1 aromatic carbocycles. The number of nitrogens with one attached hydrogen (secondary N) is 1. The highest BCUT2D eigenvalue weighted by molar-refractivity contribution is 5.90. The van der Waals surface area contributed by atoms with Crippen LogP contribution in [0.1, 0.15) is 21.7 Å². The summed E-state index contributed by atoms with van der Waals surface area (Å²) in [6.45, 7) is -0.0920. The Labute approximate surface area is 120 Å². The van der Waals surface area contributed by atoms with Crippen LogP contribution in [0.3, 0.4) is 0 Å². The summed E-state index contributed by atoms with van der Waals surface area (Å²) < 4.78 is 1.25. The summed E-state index contributed by atoms with van der Waals surface area (Å²) in [6.07, 6.45) is 3.33. The summed E-state index contributed by atoms with van der Waals surface area (Å²) in [7, 11) is 1.50. The second kappa shape index (κ2) is 6.47. The second-order valence-electron chi connectivity index (χ2n) is 4.20. The van der Waals surface area contributed by atoms with Gasteiger partial charge in [0.1, 0.15) is 6.54 Å². The van der Waals surface area contributed by atoms with Crippen molar-refractivity contribution in [3.63, 3.8) is 0 Å². The van der Waals surface area contributed by atoms with E-state index in [2.05, 4.69) is 15.6 Å². The fraction of sp³-hybridized carbons (Fsp3) is 0.143. The van der Waals surface area contributed by atoms with Gasteiger partial charge in [-0.15, -0.1) is 5.10 Å². The molecule has 2 aromatic rings. The average molecular weight is 286 g/mol. The van der Waals surface area contributed by atoms with Crippen molar-refractivity contribution in [3.8, 4) is 0 Å². The fourth-order valence-electron chi connectivity index (χ4n) is 1.71. The van der Waals surface area contributed by atoms with Crippen LogP contribution in [0.4, 0.5) is 0 Å². The van der Waals surface area contributed by atoms with Crippen LogP contribution in [0.5, 0.6) is 0 Å². The van der Waals surface area contributed by atoms with Gasteiger partial charge in [0.2, 0.25) is 5.91 Å². The number of hydrogen-bond acceptors (Lipinski definition) is 4. The summed E-state index contributed by atoms with van der Waals surface area (Å²) in [5.74, 6) is -1.47. The second-order valence-corrected chi connectivity index (χ2v) is 4.20. The van der Waals surface area contributed by atoms with Gasteiger partial charge in [-0.2, -0.15) is 0 Å². The third kappa shape index (κ3) is 3.53. The third-order valence-electron chi connectivity index (χ3n) is 2.78. The van der Waals surface area contributed by atoms with Crippen LogP contribution in [0, 0.1) is 0 Å². The molecule has 0 aliphatic rings. The molecule has 1 heterocycles. The molecule has 7 heteroatoms. The number of carbonyl (C=O) groups excluding carboxylic acids is 1. The van der Waals surface area contributed by atoms with E-state index in [1.807, 2.05) is 30.3 Å². The fourth-order valence-corrected chi connectivity index (χ4v) is 1.71. The third-order valence-corrected chi connectivity index (χ3v) is 2.78. The van der Waals surface area contributed by atoms with Crippen molar-refractivity contribution in [2.75, 3.05) is 7.05 Å². The van der Waals surface area contributed by atoms with Crippen LogP contribution in [-0.2, 0) is 11.3 Å². The standard InChI is InChI=1S/C14H14N4O3/c1-15-12(19)9-18-11(13(14(20)21)16-17-18)8-7-10-5-3-2-4-6-10/h2-8H,9H2,1H3,(H,15,19)(H,20,21)/b8-7+. The van der Waals surface area contributed by atoms with E-state index in [1.54, 1.807) is 12.2 Å². The molecule has 0 atom stereocenters. The van der Waals surface area contributed by atoms with Gasteiger partial charge >= 0.3 is 5.97 Å². The van der Waals surface area contributed by atoms with Crippen LogP contribution in [-0.4, -0.2) is 39.0 Å². The van der Waals surface area contributed by atoms with E-state index in [1.165, 1.54) is 11.7 Å². The van der Waals surface area contributed by atoms with Crippen LogP contribution in [0.2, 0.25) is 0 Å². The zero-order valence-corrected chi connectivity index (χ0v) is 11.4. The predicted molar refractivity (Wildman–Crippen MR) is 76.4 cm³/mol. The van der Waals surface area contributed by atoms with E-state index in [0.29, 0.717) is 0 Å². The Bertz CT molecular complexity index is 677. The summed E-state index contributed by atoms with van der Waals surface area (Å²) in [6, 6.07) is 9.39. The molecule has 0 saturated carbocycles. The predicted octanol–water partition coefficient (Wildman–Crippen LogP) is 0.893. The normalized spacial score (nSPS) is 10.7. The first-order chi connectivity index (χ1) is 10.1. The monoisotopic (exact) mass is 286 g/mol. The van der Waals surface area contributed by atoms with Gasteiger partial charge in [0.15, 0.2) is 5.69 Å². The van der Waals surface area contributed by atoms with Gasteiger partial charge in [0.25, 0.3) is 0 Å². The maximum absolute atomic E-state index is 11.4. The van der Waals surface area contributed by atoms with Gasteiger partial charge in [0, 0.05) is 7.05 Å². The molecule has 0 radical (unpaired) electrons. The summed E-state index contributed by atoms with van der Waals surface area (Å²) in [5, 5.41) is 18.9. The number of carboxylic acid groups (broad SMARTS) is 1. The van der Waals surface area contributed by atoms with Crippen molar-refractivity contribution in [2.24, 2.45) is 0 Å². The van der Waals surface area contributed by atoms with Gasteiger partial charge in [0.05, 0.1) is 5.69 Å².